The lowest BCUT2D eigenvalue weighted by molar-refractivity contribution is -0.111. The fourth-order valence-electron chi connectivity index (χ4n) is 2.90. The highest BCUT2D eigenvalue weighted by Crippen LogP contribution is 2.22. The Morgan fingerprint density at radius 2 is 1.82 bits per heavy atom. The molecule has 0 fully saturated rings. The van der Waals surface area contributed by atoms with E-state index in [1.807, 2.05) is 37.5 Å². The van der Waals surface area contributed by atoms with Gasteiger partial charge in [0.15, 0.2) is 15.7 Å². The molecule has 1 aromatic carbocycles. The summed E-state index contributed by atoms with van der Waals surface area (Å²) in [6.45, 7) is 5.73. The average molecular weight is 399 g/mol. The SMILES string of the molecule is Cc1cc(-n2c(C)cc(/C=C/C(=O)Nc3ccc(S(C)(=O)=O)cc3)c2C)no1. The Hall–Kier alpha value is -3.13. The summed E-state index contributed by atoms with van der Waals surface area (Å²) in [6.07, 6.45) is 4.30. The van der Waals surface area contributed by atoms with Gasteiger partial charge in [-0.05, 0) is 62.7 Å². The Balaban J connectivity index is 1.74. The number of hydrogen-bond acceptors (Lipinski definition) is 5. The number of amides is 1. The number of anilines is 1. The van der Waals surface area contributed by atoms with Crippen LogP contribution in [0, 0.1) is 20.8 Å². The first-order chi connectivity index (χ1) is 13.1. The van der Waals surface area contributed by atoms with Crippen molar-refractivity contribution in [1.82, 2.24) is 9.72 Å². The van der Waals surface area contributed by atoms with E-state index in [9.17, 15) is 13.2 Å². The molecule has 0 bridgehead atoms. The van der Waals surface area contributed by atoms with E-state index in [1.54, 1.807) is 18.2 Å². The van der Waals surface area contributed by atoms with Gasteiger partial charge in [0.05, 0.1) is 4.90 Å². The molecule has 2 aromatic heterocycles. The van der Waals surface area contributed by atoms with Crippen LogP contribution in [0.1, 0.15) is 22.7 Å². The maximum absolute atomic E-state index is 12.2. The number of rotatable bonds is 5. The quantitative estimate of drug-likeness (QED) is 0.663. The van der Waals surface area contributed by atoms with Crippen molar-refractivity contribution in [1.29, 1.82) is 0 Å². The van der Waals surface area contributed by atoms with Crippen LogP contribution in [0.3, 0.4) is 0 Å². The van der Waals surface area contributed by atoms with Gasteiger partial charge in [-0.25, -0.2) is 8.42 Å². The van der Waals surface area contributed by atoms with Gasteiger partial charge in [-0.1, -0.05) is 5.16 Å². The molecule has 146 valence electrons. The zero-order chi connectivity index (χ0) is 20.5. The predicted molar refractivity (Wildman–Crippen MR) is 107 cm³/mol. The van der Waals surface area contributed by atoms with Crippen LogP contribution in [0.2, 0.25) is 0 Å². The summed E-state index contributed by atoms with van der Waals surface area (Å²) in [5.41, 5.74) is 3.32. The number of benzene rings is 1. The van der Waals surface area contributed by atoms with Gasteiger partial charge < -0.3 is 9.84 Å². The van der Waals surface area contributed by atoms with E-state index in [4.69, 9.17) is 4.52 Å². The zero-order valence-corrected chi connectivity index (χ0v) is 16.9. The molecule has 0 saturated heterocycles. The summed E-state index contributed by atoms with van der Waals surface area (Å²) >= 11 is 0. The largest absolute Gasteiger partial charge is 0.360 e. The molecular formula is C20H21N3O4S. The van der Waals surface area contributed by atoms with E-state index in [2.05, 4.69) is 10.5 Å². The lowest BCUT2D eigenvalue weighted by Gasteiger charge is -2.04. The van der Waals surface area contributed by atoms with Gasteiger partial charge in [-0.3, -0.25) is 9.36 Å². The molecule has 0 aliphatic heterocycles. The molecule has 3 aromatic rings. The molecule has 28 heavy (non-hydrogen) atoms. The van der Waals surface area contributed by atoms with Crippen LogP contribution < -0.4 is 5.32 Å². The molecule has 2 heterocycles. The number of sulfone groups is 1. The highest BCUT2D eigenvalue weighted by molar-refractivity contribution is 7.90. The van der Waals surface area contributed by atoms with E-state index in [-0.39, 0.29) is 10.8 Å². The van der Waals surface area contributed by atoms with Crippen LogP contribution in [0.15, 0.2) is 51.9 Å². The number of carbonyl (C=O) groups is 1. The number of hydrogen-bond donors (Lipinski definition) is 1. The number of aryl methyl sites for hydroxylation is 2. The number of nitrogens with one attached hydrogen (secondary N) is 1. The normalized spacial score (nSPS) is 11.9. The van der Waals surface area contributed by atoms with Crippen molar-refractivity contribution < 1.29 is 17.7 Å². The molecule has 0 spiro atoms. The Kier molecular flexibility index (Phi) is 5.24. The van der Waals surface area contributed by atoms with E-state index >= 15 is 0 Å². The highest BCUT2D eigenvalue weighted by Gasteiger charge is 2.12. The summed E-state index contributed by atoms with van der Waals surface area (Å²) in [4.78, 5) is 12.4. The topological polar surface area (TPSA) is 94.2 Å². The van der Waals surface area contributed by atoms with E-state index < -0.39 is 9.84 Å². The van der Waals surface area contributed by atoms with Gasteiger partial charge in [0.25, 0.3) is 0 Å². The maximum atomic E-state index is 12.2. The first-order valence-corrected chi connectivity index (χ1v) is 10.5. The van der Waals surface area contributed by atoms with Crippen molar-refractivity contribution >= 4 is 27.5 Å². The molecular weight excluding hydrogens is 378 g/mol. The second kappa shape index (κ2) is 7.47. The van der Waals surface area contributed by atoms with Crippen LogP contribution in [0.5, 0.6) is 0 Å². The van der Waals surface area contributed by atoms with Crippen molar-refractivity contribution in [3.8, 4) is 5.82 Å². The summed E-state index contributed by atoms with van der Waals surface area (Å²) < 4.78 is 30.1. The van der Waals surface area contributed by atoms with Crippen LogP contribution in [-0.4, -0.2) is 30.3 Å². The fraction of sp³-hybridized carbons (Fsp3) is 0.200. The maximum Gasteiger partial charge on any atom is 0.248 e. The van der Waals surface area contributed by atoms with Gasteiger partial charge in [-0.15, -0.1) is 0 Å². The molecule has 1 N–H and O–H groups in total. The highest BCUT2D eigenvalue weighted by atomic mass is 32.2. The summed E-state index contributed by atoms with van der Waals surface area (Å²) in [5.74, 6) is 1.11. The Bertz CT molecular complexity index is 1150. The lowest BCUT2D eigenvalue weighted by Crippen LogP contribution is -2.08. The predicted octanol–water partition coefficient (Wildman–Crippen LogP) is 3.45. The second-order valence-electron chi connectivity index (χ2n) is 6.58. The monoisotopic (exact) mass is 399 g/mol. The third-order valence-corrected chi connectivity index (χ3v) is 5.41. The van der Waals surface area contributed by atoms with Crippen molar-refractivity contribution in [3.05, 3.63) is 65.2 Å². The molecule has 0 aliphatic carbocycles. The van der Waals surface area contributed by atoms with Crippen molar-refractivity contribution in [2.75, 3.05) is 11.6 Å². The number of carbonyl (C=O) groups excluding carboxylic acids is 1. The van der Waals surface area contributed by atoms with Gasteiger partial charge >= 0.3 is 0 Å². The molecule has 0 saturated carbocycles. The molecule has 0 radical (unpaired) electrons. The minimum atomic E-state index is -3.26. The van der Waals surface area contributed by atoms with Crippen molar-refractivity contribution in [3.63, 3.8) is 0 Å². The van der Waals surface area contributed by atoms with Crippen LogP contribution in [0.4, 0.5) is 5.69 Å². The first kappa shape index (κ1) is 19.6. The van der Waals surface area contributed by atoms with Gasteiger partial charge in [0.1, 0.15) is 5.76 Å². The Morgan fingerprint density at radius 1 is 1.14 bits per heavy atom. The average Bonchev–Trinajstić information content (AvgIpc) is 3.15. The van der Waals surface area contributed by atoms with Crippen LogP contribution >= 0.6 is 0 Å². The summed E-state index contributed by atoms with van der Waals surface area (Å²) in [6, 6.07) is 9.84. The third kappa shape index (κ3) is 4.23. The lowest BCUT2D eigenvalue weighted by atomic mass is 10.2. The molecule has 0 aliphatic rings. The summed E-state index contributed by atoms with van der Waals surface area (Å²) in [7, 11) is -3.26. The van der Waals surface area contributed by atoms with Crippen molar-refractivity contribution in [2.45, 2.75) is 25.7 Å². The standard InChI is InChI=1S/C20H21N3O4S/c1-13-11-16(15(3)23(13)19-12-14(2)27-22-19)5-10-20(24)21-17-6-8-18(9-7-17)28(4,25)26/h5-12H,1-4H3,(H,21,24)/b10-5+. The molecule has 3 rings (SSSR count). The van der Waals surface area contributed by atoms with Gasteiger partial charge in [0.2, 0.25) is 5.91 Å². The smallest absolute Gasteiger partial charge is 0.248 e. The Labute approximate surface area is 163 Å². The van der Waals surface area contributed by atoms with E-state index in [0.717, 1.165) is 29.0 Å². The Morgan fingerprint density at radius 3 is 2.39 bits per heavy atom. The summed E-state index contributed by atoms with van der Waals surface area (Å²) in [5, 5.41) is 6.75. The molecule has 1 amide bonds. The van der Waals surface area contributed by atoms with Crippen molar-refractivity contribution in [2.24, 2.45) is 0 Å². The fourth-order valence-corrected chi connectivity index (χ4v) is 3.53. The van der Waals surface area contributed by atoms with Gasteiger partial charge in [-0.2, -0.15) is 0 Å². The van der Waals surface area contributed by atoms with E-state index in [0.29, 0.717) is 11.5 Å². The van der Waals surface area contributed by atoms with Crippen LogP contribution in [0.25, 0.3) is 11.9 Å². The zero-order valence-electron chi connectivity index (χ0n) is 16.1. The molecule has 0 atom stereocenters. The molecule has 7 nitrogen and oxygen atoms in total. The van der Waals surface area contributed by atoms with Gasteiger partial charge in [0, 0.05) is 35.5 Å². The number of aromatic nitrogens is 2. The minimum Gasteiger partial charge on any atom is -0.360 e. The molecule has 0 unspecified atom stereocenters. The molecule has 8 heteroatoms. The third-order valence-electron chi connectivity index (χ3n) is 4.28. The van der Waals surface area contributed by atoms with Crippen LogP contribution in [-0.2, 0) is 14.6 Å². The first-order valence-electron chi connectivity index (χ1n) is 8.57. The number of nitrogens with zero attached hydrogens (tertiary/aromatic N) is 2. The van der Waals surface area contributed by atoms with E-state index in [1.165, 1.54) is 18.2 Å². The minimum absolute atomic E-state index is 0.205. The second-order valence-corrected chi connectivity index (χ2v) is 8.59.